The first kappa shape index (κ1) is 19.8. The van der Waals surface area contributed by atoms with Crippen molar-refractivity contribution in [3.8, 4) is 16.9 Å². The molecule has 33 heavy (non-hydrogen) atoms. The van der Waals surface area contributed by atoms with Crippen LogP contribution in [-0.4, -0.2) is 63.0 Å². The van der Waals surface area contributed by atoms with Gasteiger partial charge in [-0.1, -0.05) is 30.3 Å². The number of halogens is 1. The predicted molar refractivity (Wildman–Crippen MR) is 126 cm³/mol. The first-order valence-electron chi connectivity index (χ1n) is 10.5. The Hall–Kier alpha value is -3.85. The van der Waals surface area contributed by atoms with E-state index in [1.165, 1.54) is 12.4 Å². The van der Waals surface area contributed by atoms with Gasteiger partial charge in [0.2, 0.25) is 5.91 Å². The number of para-hydroxylation sites is 1. The highest BCUT2D eigenvalue weighted by Gasteiger charge is 2.35. The summed E-state index contributed by atoms with van der Waals surface area (Å²) in [6, 6.07) is 7.39. The number of anilines is 1. The number of amides is 1. The van der Waals surface area contributed by atoms with Crippen LogP contribution in [0.2, 0.25) is 5.02 Å². The molecule has 0 bridgehead atoms. The second kappa shape index (κ2) is 7.35. The number of H-pyrrole nitrogens is 2. The van der Waals surface area contributed by atoms with Gasteiger partial charge >= 0.3 is 5.69 Å². The number of aromatic nitrogens is 4. The Labute approximate surface area is 192 Å². The largest absolute Gasteiger partial charge is 0.489 e. The van der Waals surface area contributed by atoms with Gasteiger partial charge in [-0.3, -0.25) is 4.79 Å². The Morgan fingerprint density at radius 2 is 2.12 bits per heavy atom. The van der Waals surface area contributed by atoms with Crippen LogP contribution in [-0.2, 0) is 4.79 Å². The highest BCUT2D eigenvalue weighted by Crippen LogP contribution is 2.46. The number of nitrogens with zero attached hydrogens (tertiary/aromatic N) is 4. The van der Waals surface area contributed by atoms with Crippen molar-refractivity contribution in [2.45, 2.75) is 6.04 Å². The molecule has 0 spiro atoms. The summed E-state index contributed by atoms with van der Waals surface area (Å²) < 4.78 is 6.26. The Bertz CT molecular complexity index is 1510. The first-order chi connectivity index (χ1) is 16.0. The number of hydrogen-bond acceptors (Lipinski definition) is 6. The van der Waals surface area contributed by atoms with Crippen molar-refractivity contribution in [3.05, 3.63) is 58.8 Å². The van der Waals surface area contributed by atoms with Crippen LogP contribution >= 0.6 is 11.6 Å². The smallest absolute Gasteiger partial charge is 0.323 e. The molecule has 10 heteroatoms. The number of aromatic amines is 2. The van der Waals surface area contributed by atoms with Crippen molar-refractivity contribution in [3.63, 3.8) is 0 Å². The molecule has 9 nitrogen and oxygen atoms in total. The molecule has 0 aliphatic carbocycles. The van der Waals surface area contributed by atoms with E-state index in [9.17, 15) is 9.59 Å². The second-order valence-corrected chi connectivity index (χ2v) is 8.49. The molecule has 1 atom stereocenters. The first-order valence-corrected chi connectivity index (χ1v) is 10.9. The normalized spacial score (nSPS) is 17.5. The van der Waals surface area contributed by atoms with E-state index >= 15 is 0 Å². The van der Waals surface area contributed by atoms with Gasteiger partial charge in [0.25, 0.3) is 0 Å². The molecular formula is C23H19ClN6O3. The molecule has 2 aliphatic heterocycles. The zero-order chi connectivity index (χ0) is 22.7. The molecule has 1 fully saturated rings. The monoisotopic (exact) mass is 462 g/mol. The summed E-state index contributed by atoms with van der Waals surface area (Å²) in [5.74, 6) is 1.15. The zero-order valence-electron chi connectivity index (χ0n) is 17.5. The average Bonchev–Trinajstić information content (AvgIpc) is 3.13. The van der Waals surface area contributed by atoms with Gasteiger partial charge < -0.3 is 24.5 Å². The van der Waals surface area contributed by atoms with Crippen LogP contribution in [0.5, 0.6) is 5.75 Å². The van der Waals surface area contributed by atoms with Gasteiger partial charge in [-0.05, 0) is 18.2 Å². The predicted octanol–water partition coefficient (Wildman–Crippen LogP) is 2.72. The van der Waals surface area contributed by atoms with Crippen molar-refractivity contribution < 1.29 is 9.53 Å². The van der Waals surface area contributed by atoms with Crippen LogP contribution < -0.4 is 15.3 Å². The molecule has 0 unspecified atom stereocenters. The summed E-state index contributed by atoms with van der Waals surface area (Å²) in [6.45, 7) is 5.61. The maximum Gasteiger partial charge on any atom is 0.323 e. The lowest BCUT2D eigenvalue weighted by molar-refractivity contribution is -0.126. The molecule has 4 heterocycles. The van der Waals surface area contributed by atoms with E-state index in [0.717, 1.165) is 16.8 Å². The molecule has 2 aliphatic rings. The zero-order valence-corrected chi connectivity index (χ0v) is 18.2. The van der Waals surface area contributed by atoms with Crippen LogP contribution in [0.3, 0.4) is 0 Å². The fraction of sp³-hybridized carbons (Fsp3) is 0.217. The number of rotatable bonds is 2. The second-order valence-electron chi connectivity index (χ2n) is 8.11. The molecular weight excluding hydrogens is 444 g/mol. The Morgan fingerprint density at radius 3 is 2.97 bits per heavy atom. The number of benzene rings is 2. The van der Waals surface area contributed by atoms with Crippen molar-refractivity contribution in [1.29, 1.82) is 0 Å². The Morgan fingerprint density at radius 1 is 1.24 bits per heavy atom. The molecule has 6 rings (SSSR count). The lowest BCUT2D eigenvalue weighted by Gasteiger charge is -2.40. The third-order valence-electron chi connectivity index (χ3n) is 6.30. The highest BCUT2D eigenvalue weighted by molar-refractivity contribution is 6.37. The van der Waals surface area contributed by atoms with Crippen LogP contribution in [0, 0.1) is 0 Å². The lowest BCUT2D eigenvalue weighted by Crippen LogP contribution is -2.56. The number of imidazole rings is 1. The molecule has 1 amide bonds. The summed E-state index contributed by atoms with van der Waals surface area (Å²) in [6.07, 6.45) is 2.86. The van der Waals surface area contributed by atoms with Gasteiger partial charge in [0.05, 0.1) is 33.0 Å². The summed E-state index contributed by atoms with van der Waals surface area (Å²) in [5, 5.41) is 1.17. The molecule has 0 radical (unpaired) electrons. The maximum atomic E-state index is 12.2. The van der Waals surface area contributed by atoms with Crippen molar-refractivity contribution in [2.75, 3.05) is 31.1 Å². The van der Waals surface area contributed by atoms with Crippen molar-refractivity contribution in [2.24, 2.45) is 0 Å². The van der Waals surface area contributed by atoms with Gasteiger partial charge in [-0.2, -0.15) is 0 Å². The molecule has 4 aromatic rings. The van der Waals surface area contributed by atoms with E-state index in [1.54, 1.807) is 4.90 Å². The quantitative estimate of drug-likeness (QED) is 0.443. The van der Waals surface area contributed by atoms with E-state index in [-0.39, 0.29) is 17.6 Å². The van der Waals surface area contributed by atoms with Gasteiger partial charge in [-0.25, -0.2) is 14.8 Å². The van der Waals surface area contributed by atoms with Crippen molar-refractivity contribution >= 4 is 45.3 Å². The van der Waals surface area contributed by atoms with E-state index in [0.29, 0.717) is 59.1 Å². The molecule has 2 aromatic heterocycles. The molecule has 166 valence electrons. The fourth-order valence-electron chi connectivity index (χ4n) is 4.77. The van der Waals surface area contributed by atoms with Gasteiger partial charge in [0.15, 0.2) is 5.75 Å². The average molecular weight is 463 g/mol. The Balaban J connectivity index is 1.52. The molecule has 2 N–H and O–H groups in total. The van der Waals surface area contributed by atoms with Crippen LogP contribution in [0.25, 0.3) is 33.1 Å². The minimum atomic E-state index is -0.288. The number of ether oxygens (including phenoxy) is 1. The van der Waals surface area contributed by atoms with E-state index in [4.69, 9.17) is 16.3 Å². The third kappa shape index (κ3) is 3.00. The summed E-state index contributed by atoms with van der Waals surface area (Å²) in [4.78, 5) is 42.7. The number of piperazine rings is 1. The summed E-state index contributed by atoms with van der Waals surface area (Å²) in [5.41, 5.74) is 3.22. The topological polar surface area (TPSA) is 107 Å². The summed E-state index contributed by atoms with van der Waals surface area (Å²) >= 11 is 6.93. The highest BCUT2D eigenvalue weighted by atomic mass is 35.5. The minimum absolute atomic E-state index is 0.0860. The number of hydrogen-bond donors (Lipinski definition) is 2. The fourth-order valence-corrected chi connectivity index (χ4v) is 5.07. The molecule has 0 saturated carbocycles. The lowest BCUT2D eigenvalue weighted by atomic mass is 10.0. The number of fused-ring (bicyclic) bond motifs is 3. The van der Waals surface area contributed by atoms with Gasteiger partial charge in [0, 0.05) is 30.8 Å². The third-order valence-corrected chi connectivity index (χ3v) is 6.68. The number of carbonyl (C=O) groups is 1. The maximum absolute atomic E-state index is 12.2. The van der Waals surface area contributed by atoms with Crippen LogP contribution in [0.4, 0.5) is 5.82 Å². The van der Waals surface area contributed by atoms with Crippen LogP contribution in [0.1, 0.15) is 0 Å². The van der Waals surface area contributed by atoms with Crippen molar-refractivity contribution in [1.82, 2.24) is 24.8 Å². The van der Waals surface area contributed by atoms with Crippen LogP contribution in [0.15, 0.2) is 48.0 Å². The SMILES string of the molecule is C=CC(=O)N1CCN2c3ncnc4cc(-c5cccc6[nH]c(=O)[nH]c56)c(Cl)c(c34)OC[C@@H]2C1. The summed E-state index contributed by atoms with van der Waals surface area (Å²) in [7, 11) is 0. The van der Waals surface area contributed by atoms with E-state index in [1.807, 2.05) is 24.3 Å². The standard InChI is InChI=1S/C23H19ClN6O3/c1-2-17(31)29-6-7-30-12(9-29)10-33-21-18-16(25-11-26-22(18)30)8-14(19(21)24)13-4-3-5-15-20(13)28-23(32)27-15/h2-5,8,11-12H,1,6-7,9-10H2,(H2,27,28,32)/t12-/m0/s1. The van der Waals surface area contributed by atoms with Gasteiger partial charge in [-0.15, -0.1) is 0 Å². The molecule has 2 aromatic carbocycles. The van der Waals surface area contributed by atoms with E-state index < -0.39 is 0 Å². The number of nitrogens with one attached hydrogen (secondary N) is 2. The number of carbonyl (C=O) groups excluding carboxylic acids is 1. The minimum Gasteiger partial charge on any atom is -0.489 e. The van der Waals surface area contributed by atoms with Gasteiger partial charge in [0.1, 0.15) is 18.8 Å². The molecule has 1 saturated heterocycles. The Kier molecular flexibility index (Phi) is 4.41. The van der Waals surface area contributed by atoms with E-state index in [2.05, 4.69) is 31.4 Å².